The minimum atomic E-state index is -3.54. The summed E-state index contributed by atoms with van der Waals surface area (Å²) in [6.45, 7) is 4.36. The third-order valence-corrected chi connectivity index (χ3v) is 8.37. The molecular formula is C29H41N3O6S. The average Bonchev–Trinajstić information content (AvgIpc) is 2.92. The molecule has 10 heteroatoms. The van der Waals surface area contributed by atoms with Crippen molar-refractivity contribution in [3.8, 4) is 11.5 Å². The number of aromatic hydroxyl groups is 1. The molecule has 0 bridgehead atoms. The molecule has 0 spiro atoms. The molecule has 0 aromatic heterocycles. The predicted molar refractivity (Wildman–Crippen MR) is 152 cm³/mol. The van der Waals surface area contributed by atoms with Crippen molar-refractivity contribution in [1.82, 2.24) is 10.2 Å². The summed E-state index contributed by atoms with van der Waals surface area (Å²) >= 11 is 0. The number of hydrogen-bond donors (Lipinski definition) is 4. The van der Waals surface area contributed by atoms with E-state index in [0.29, 0.717) is 30.2 Å². The van der Waals surface area contributed by atoms with Gasteiger partial charge in [-0.05, 0) is 80.2 Å². The average molecular weight is 560 g/mol. The molecule has 1 heterocycles. The largest absolute Gasteiger partial charge is 0.506 e. The summed E-state index contributed by atoms with van der Waals surface area (Å²) in [5.41, 5.74) is 2.08. The number of phenols is 1. The number of piperidine rings is 1. The molecule has 4 rings (SSSR count). The first kappa shape index (κ1) is 29.2. The molecule has 2 aromatic rings. The van der Waals surface area contributed by atoms with Gasteiger partial charge in [-0.2, -0.15) is 0 Å². The molecule has 1 aliphatic carbocycles. The molecule has 9 nitrogen and oxygen atoms in total. The molecule has 39 heavy (non-hydrogen) atoms. The van der Waals surface area contributed by atoms with E-state index in [1.807, 2.05) is 17.0 Å². The van der Waals surface area contributed by atoms with Crippen LogP contribution >= 0.6 is 0 Å². The minimum absolute atomic E-state index is 0.0253. The van der Waals surface area contributed by atoms with Crippen molar-refractivity contribution < 1.29 is 28.2 Å². The van der Waals surface area contributed by atoms with Crippen molar-refractivity contribution in [2.24, 2.45) is 5.92 Å². The zero-order valence-electron chi connectivity index (χ0n) is 22.8. The number of likely N-dealkylation sites (tertiary alicyclic amines) is 1. The van der Waals surface area contributed by atoms with Gasteiger partial charge in [-0.3, -0.25) is 9.52 Å². The highest BCUT2D eigenvalue weighted by molar-refractivity contribution is 7.92. The lowest BCUT2D eigenvalue weighted by Gasteiger charge is -2.31. The molecule has 1 aliphatic heterocycles. The molecule has 2 fully saturated rings. The van der Waals surface area contributed by atoms with Crippen molar-refractivity contribution in [3.05, 3.63) is 53.6 Å². The summed E-state index contributed by atoms with van der Waals surface area (Å²) in [6.07, 6.45) is 6.52. The summed E-state index contributed by atoms with van der Waals surface area (Å²) in [5, 5.41) is 23.6. The van der Waals surface area contributed by atoms with Crippen LogP contribution in [0, 0.1) is 5.92 Å². The summed E-state index contributed by atoms with van der Waals surface area (Å²) in [7, 11) is -3.54. The third-order valence-electron chi connectivity index (χ3n) is 7.77. The Morgan fingerprint density at radius 2 is 1.72 bits per heavy atom. The Morgan fingerprint density at radius 3 is 2.36 bits per heavy atom. The lowest BCUT2D eigenvalue weighted by atomic mass is 9.81. The van der Waals surface area contributed by atoms with Gasteiger partial charge in [0.25, 0.3) is 5.91 Å². The van der Waals surface area contributed by atoms with E-state index in [1.165, 1.54) is 23.8 Å². The zero-order valence-corrected chi connectivity index (χ0v) is 23.6. The second-order valence-electron chi connectivity index (χ2n) is 11.1. The van der Waals surface area contributed by atoms with Crippen LogP contribution in [0.2, 0.25) is 0 Å². The summed E-state index contributed by atoms with van der Waals surface area (Å²) in [6, 6.07) is 12.7. The lowest BCUT2D eigenvalue weighted by molar-refractivity contribution is 0.0697. The number of carbonyl (C=O) groups is 1. The van der Waals surface area contributed by atoms with Crippen LogP contribution in [0.3, 0.4) is 0 Å². The van der Waals surface area contributed by atoms with E-state index in [4.69, 9.17) is 4.74 Å². The van der Waals surface area contributed by atoms with Crippen LogP contribution in [0.1, 0.15) is 67.3 Å². The maximum Gasteiger partial charge on any atom is 0.253 e. The van der Waals surface area contributed by atoms with Crippen molar-refractivity contribution >= 4 is 21.6 Å². The molecule has 1 atom stereocenters. The summed E-state index contributed by atoms with van der Waals surface area (Å²) in [4.78, 5) is 14.8. The Labute approximate surface area is 231 Å². The van der Waals surface area contributed by atoms with Crippen LogP contribution in [-0.4, -0.2) is 74.1 Å². The van der Waals surface area contributed by atoms with E-state index in [-0.39, 0.29) is 24.0 Å². The van der Waals surface area contributed by atoms with Crippen LogP contribution < -0.4 is 14.8 Å². The molecule has 214 valence electrons. The molecule has 1 saturated carbocycles. The third kappa shape index (κ3) is 8.58. The fraction of sp³-hybridized carbons (Fsp3) is 0.552. The Morgan fingerprint density at radius 1 is 1.05 bits per heavy atom. The minimum Gasteiger partial charge on any atom is -0.506 e. The van der Waals surface area contributed by atoms with Crippen LogP contribution in [0.25, 0.3) is 0 Å². The number of phenolic OH excluding ortho intramolecular Hbond substituents is 1. The quantitative estimate of drug-likeness (QED) is 0.327. The van der Waals surface area contributed by atoms with Gasteiger partial charge in [0.15, 0.2) is 0 Å². The van der Waals surface area contributed by atoms with Crippen molar-refractivity contribution in [2.45, 2.75) is 63.5 Å². The number of benzene rings is 2. The highest BCUT2D eigenvalue weighted by Gasteiger charge is 2.24. The highest BCUT2D eigenvalue weighted by Crippen LogP contribution is 2.33. The first-order valence-corrected chi connectivity index (χ1v) is 15.7. The number of sulfonamides is 1. The number of anilines is 1. The van der Waals surface area contributed by atoms with E-state index < -0.39 is 16.1 Å². The first-order valence-electron chi connectivity index (χ1n) is 13.8. The number of nitrogens with zero attached hydrogens (tertiary/aromatic N) is 1. The molecule has 1 unspecified atom stereocenters. The first-order chi connectivity index (χ1) is 18.6. The Bertz CT molecular complexity index is 1200. The number of aliphatic hydroxyl groups excluding tert-OH is 1. The van der Waals surface area contributed by atoms with Crippen LogP contribution in [0.5, 0.6) is 11.5 Å². The number of hydrogen-bond acceptors (Lipinski definition) is 7. The molecule has 4 N–H and O–H groups in total. The van der Waals surface area contributed by atoms with Crippen molar-refractivity contribution in [2.75, 3.05) is 37.2 Å². The number of nitrogens with one attached hydrogen (secondary N) is 2. The number of aliphatic hydroxyl groups is 1. The van der Waals surface area contributed by atoms with E-state index in [0.717, 1.165) is 63.4 Å². The van der Waals surface area contributed by atoms with Gasteiger partial charge in [0.05, 0.1) is 11.9 Å². The number of ether oxygens (including phenoxy) is 1. The molecule has 2 aliphatic rings. The summed E-state index contributed by atoms with van der Waals surface area (Å²) in [5.74, 6) is 1.45. The Kier molecular flexibility index (Phi) is 9.74. The maximum atomic E-state index is 12.8. The Hall–Kier alpha value is -2.82. The number of amides is 1. The van der Waals surface area contributed by atoms with E-state index in [2.05, 4.69) is 29.1 Å². The van der Waals surface area contributed by atoms with Gasteiger partial charge in [-0.25, -0.2) is 8.42 Å². The van der Waals surface area contributed by atoms with Crippen molar-refractivity contribution in [1.29, 1.82) is 0 Å². The SMILES string of the molecule is CC1CCN(C(=O)c2ccc(C3CCC(NCC(O)COc4ccc(O)c(NS(C)(=O)=O)c4)CC3)cc2)CC1. The molecule has 0 radical (unpaired) electrons. The van der Waals surface area contributed by atoms with Gasteiger partial charge in [0.2, 0.25) is 10.0 Å². The smallest absolute Gasteiger partial charge is 0.253 e. The summed E-state index contributed by atoms with van der Waals surface area (Å²) < 4.78 is 30.7. The zero-order chi connectivity index (χ0) is 28.0. The van der Waals surface area contributed by atoms with Crippen LogP contribution in [0.4, 0.5) is 5.69 Å². The van der Waals surface area contributed by atoms with E-state index in [9.17, 15) is 23.4 Å². The van der Waals surface area contributed by atoms with E-state index in [1.54, 1.807) is 0 Å². The fourth-order valence-electron chi connectivity index (χ4n) is 5.36. The van der Waals surface area contributed by atoms with E-state index >= 15 is 0 Å². The van der Waals surface area contributed by atoms with Crippen molar-refractivity contribution in [3.63, 3.8) is 0 Å². The normalized spacial score (nSPS) is 21.4. The lowest BCUT2D eigenvalue weighted by Crippen LogP contribution is -2.39. The highest BCUT2D eigenvalue weighted by atomic mass is 32.2. The van der Waals surface area contributed by atoms with Gasteiger partial charge in [0.1, 0.15) is 24.2 Å². The Balaban J connectivity index is 1.18. The van der Waals surface area contributed by atoms with Gasteiger partial charge < -0.3 is 25.2 Å². The number of carbonyl (C=O) groups excluding carboxylic acids is 1. The molecule has 2 aromatic carbocycles. The topological polar surface area (TPSA) is 128 Å². The molecule has 1 saturated heterocycles. The monoisotopic (exact) mass is 559 g/mol. The second kappa shape index (κ2) is 13.0. The maximum absolute atomic E-state index is 12.8. The second-order valence-corrected chi connectivity index (χ2v) is 12.8. The van der Waals surface area contributed by atoms with Gasteiger partial charge >= 0.3 is 0 Å². The number of rotatable bonds is 10. The standard InChI is InChI=1S/C29H41N3O6S/c1-20-13-15-32(16-14-20)29(35)23-5-3-21(4-6-23)22-7-9-24(10-8-22)30-18-25(33)19-38-26-11-12-28(34)27(17-26)31-39(2,36)37/h3-6,11-12,17,20,22,24-25,30-31,33-34H,7-10,13-16,18-19H2,1-2H3. The van der Waals surface area contributed by atoms with Gasteiger partial charge in [-0.1, -0.05) is 19.1 Å². The van der Waals surface area contributed by atoms with Crippen LogP contribution in [-0.2, 0) is 10.0 Å². The van der Waals surface area contributed by atoms with Gasteiger partial charge in [0, 0.05) is 37.3 Å². The van der Waals surface area contributed by atoms with Crippen LogP contribution in [0.15, 0.2) is 42.5 Å². The van der Waals surface area contributed by atoms with Gasteiger partial charge in [-0.15, -0.1) is 0 Å². The predicted octanol–water partition coefficient (Wildman–Crippen LogP) is 3.69. The fourth-order valence-corrected chi connectivity index (χ4v) is 5.93. The molecular weight excluding hydrogens is 518 g/mol. The molecule has 1 amide bonds.